The molecule has 0 radical (unpaired) electrons. The van der Waals surface area contributed by atoms with Crippen molar-refractivity contribution in [3.8, 4) is 0 Å². The first-order valence-electron chi connectivity index (χ1n) is 5.93. The van der Waals surface area contributed by atoms with Gasteiger partial charge in [0, 0.05) is 38.6 Å². The molecule has 0 spiro atoms. The molecular weight excluding hydrogens is 220 g/mol. The Labute approximate surface area is 99.9 Å². The molecule has 17 heavy (non-hydrogen) atoms. The van der Waals surface area contributed by atoms with E-state index in [2.05, 4.69) is 14.9 Å². The van der Waals surface area contributed by atoms with E-state index in [1.807, 2.05) is 4.90 Å². The van der Waals surface area contributed by atoms with E-state index < -0.39 is 0 Å². The van der Waals surface area contributed by atoms with Gasteiger partial charge in [0.2, 0.25) is 0 Å². The molecule has 6 nitrogen and oxygen atoms in total. The summed E-state index contributed by atoms with van der Waals surface area (Å²) >= 11 is 0. The van der Waals surface area contributed by atoms with Crippen LogP contribution in [0.4, 0.5) is 5.82 Å². The highest BCUT2D eigenvalue weighted by Crippen LogP contribution is 2.08. The number of nitrogens with zero attached hydrogens (tertiary/aromatic N) is 3. The number of aromatic amines is 1. The first kappa shape index (κ1) is 12.1. The van der Waals surface area contributed by atoms with Crippen molar-refractivity contribution in [2.45, 2.75) is 6.42 Å². The predicted molar refractivity (Wildman–Crippen MR) is 65.2 cm³/mol. The number of aromatic nitrogens is 2. The summed E-state index contributed by atoms with van der Waals surface area (Å²) in [6.07, 6.45) is 4.13. The largest absolute Gasteiger partial charge is 0.395 e. The molecular formula is C11H18N4O2. The van der Waals surface area contributed by atoms with Crippen LogP contribution in [0.1, 0.15) is 6.42 Å². The number of rotatable bonds is 3. The molecule has 1 fully saturated rings. The lowest BCUT2D eigenvalue weighted by molar-refractivity contribution is 0.204. The Morgan fingerprint density at radius 3 is 3.00 bits per heavy atom. The van der Waals surface area contributed by atoms with Crippen LogP contribution >= 0.6 is 0 Å². The third-order valence-electron chi connectivity index (χ3n) is 2.99. The van der Waals surface area contributed by atoms with Gasteiger partial charge in [0.25, 0.3) is 5.56 Å². The summed E-state index contributed by atoms with van der Waals surface area (Å²) in [5, 5.41) is 8.91. The number of aliphatic hydroxyl groups excluding tert-OH is 1. The topological polar surface area (TPSA) is 72.5 Å². The van der Waals surface area contributed by atoms with Crippen molar-refractivity contribution in [3.63, 3.8) is 0 Å². The van der Waals surface area contributed by atoms with Crippen LogP contribution in [-0.2, 0) is 0 Å². The van der Waals surface area contributed by atoms with Crippen LogP contribution in [0.2, 0.25) is 0 Å². The molecule has 2 rings (SSSR count). The maximum absolute atomic E-state index is 11.6. The van der Waals surface area contributed by atoms with Crippen molar-refractivity contribution in [1.82, 2.24) is 14.9 Å². The smallest absolute Gasteiger partial charge is 0.290 e. The maximum Gasteiger partial charge on any atom is 0.290 e. The molecule has 0 amide bonds. The van der Waals surface area contributed by atoms with Gasteiger partial charge in [-0.25, -0.2) is 4.98 Å². The highest BCUT2D eigenvalue weighted by atomic mass is 16.3. The van der Waals surface area contributed by atoms with Crippen molar-refractivity contribution in [3.05, 3.63) is 22.7 Å². The summed E-state index contributed by atoms with van der Waals surface area (Å²) in [7, 11) is 0. The third kappa shape index (κ3) is 3.04. The minimum Gasteiger partial charge on any atom is -0.395 e. The average molecular weight is 238 g/mol. The van der Waals surface area contributed by atoms with Gasteiger partial charge in [-0.05, 0) is 13.0 Å². The Kier molecular flexibility index (Phi) is 4.11. The number of anilines is 1. The van der Waals surface area contributed by atoms with Crippen molar-refractivity contribution in [2.75, 3.05) is 44.2 Å². The lowest BCUT2D eigenvalue weighted by atomic mass is 10.4. The number of nitrogens with one attached hydrogen (secondary N) is 1. The SMILES string of the molecule is O=c1[nH]ccnc1N1CCCN(CCO)CC1. The van der Waals surface area contributed by atoms with Crippen molar-refractivity contribution >= 4 is 5.82 Å². The summed E-state index contributed by atoms with van der Waals surface area (Å²) in [6.45, 7) is 4.32. The predicted octanol–water partition coefficient (Wildman–Crippen LogP) is -0.726. The first-order valence-corrected chi connectivity index (χ1v) is 5.93. The normalized spacial score (nSPS) is 18.1. The lowest BCUT2D eigenvalue weighted by Gasteiger charge is -2.21. The zero-order chi connectivity index (χ0) is 12.1. The molecule has 2 N–H and O–H groups in total. The van der Waals surface area contributed by atoms with Crippen molar-refractivity contribution in [1.29, 1.82) is 0 Å². The Hall–Kier alpha value is -1.40. The van der Waals surface area contributed by atoms with E-state index in [0.717, 1.165) is 32.6 Å². The third-order valence-corrected chi connectivity index (χ3v) is 2.99. The monoisotopic (exact) mass is 238 g/mol. The van der Waals surface area contributed by atoms with Crippen LogP contribution in [0, 0.1) is 0 Å². The number of hydrogen-bond acceptors (Lipinski definition) is 5. The Balaban J connectivity index is 2.04. The molecule has 0 unspecified atom stereocenters. The number of β-amino-alcohol motifs (C(OH)–C–C–N with tert-alkyl or cyclic N) is 1. The second-order valence-electron chi connectivity index (χ2n) is 4.15. The van der Waals surface area contributed by atoms with Crippen LogP contribution in [0.25, 0.3) is 0 Å². The second kappa shape index (κ2) is 5.79. The second-order valence-corrected chi connectivity index (χ2v) is 4.15. The van der Waals surface area contributed by atoms with Crippen LogP contribution in [0.3, 0.4) is 0 Å². The van der Waals surface area contributed by atoms with Gasteiger partial charge in [0.1, 0.15) is 0 Å². The molecule has 94 valence electrons. The van der Waals surface area contributed by atoms with E-state index in [0.29, 0.717) is 12.4 Å². The van der Waals surface area contributed by atoms with Gasteiger partial charge in [-0.1, -0.05) is 0 Å². The number of hydrogen-bond donors (Lipinski definition) is 2. The average Bonchev–Trinajstić information content (AvgIpc) is 2.56. The number of H-pyrrole nitrogens is 1. The van der Waals surface area contributed by atoms with E-state index >= 15 is 0 Å². The first-order chi connectivity index (χ1) is 8.31. The summed E-state index contributed by atoms with van der Waals surface area (Å²) in [6, 6.07) is 0. The van der Waals surface area contributed by atoms with E-state index in [-0.39, 0.29) is 12.2 Å². The molecule has 1 aromatic heterocycles. The van der Waals surface area contributed by atoms with Gasteiger partial charge in [-0.3, -0.25) is 9.69 Å². The van der Waals surface area contributed by atoms with Crippen LogP contribution in [-0.4, -0.2) is 59.3 Å². The fourth-order valence-corrected chi connectivity index (χ4v) is 2.12. The molecule has 0 atom stereocenters. The fourth-order valence-electron chi connectivity index (χ4n) is 2.12. The molecule has 0 aromatic carbocycles. The van der Waals surface area contributed by atoms with Gasteiger partial charge in [0.15, 0.2) is 5.82 Å². The van der Waals surface area contributed by atoms with E-state index in [1.165, 1.54) is 0 Å². The van der Waals surface area contributed by atoms with Gasteiger partial charge in [-0.15, -0.1) is 0 Å². The summed E-state index contributed by atoms with van der Waals surface area (Å²) in [5.74, 6) is 0.498. The van der Waals surface area contributed by atoms with Crippen LogP contribution in [0.15, 0.2) is 17.2 Å². The molecule has 0 aliphatic carbocycles. The molecule has 1 aromatic rings. The van der Waals surface area contributed by atoms with E-state index in [9.17, 15) is 4.79 Å². The molecule has 2 heterocycles. The Morgan fingerprint density at radius 1 is 1.35 bits per heavy atom. The van der Waals surface area contributed by atoms with E-state index in [1.54, 1.807) is 12.4 Å². The van der Waals surface area contributed by atoms with Gasteiger partial charge < -0.3 is 15.0 Å². The zero-order valence-corrected chi connectivity index (χ0v) is 9.80. The number of aliphatic hydroxyl groups is 1. The minimum atomic E-state index is -0.136. The maximum atomic E-state index is 11.6. The quantitative estimate of drug-likeness (QED) is 0.726. The summed E-state index contributed by atoms with van der Waals surface area (Å²) in [4.78, 5) is 22.6. The van der Waals surface area contributed by atoms with Crippen LogP contribution in [0.5, 0.6) is 0 Å². The van der Waals surface area contributed by atoms with Crippen molar-refractivity contribution in [2.24, 2.45) is 0 Å². The molecule has 0 saturated carbocycles. The van der Waals surface area contributed by atoms with Gasteiger partial charge in [0.05, 0.1) is 6.61 Å². The highest BCUT2D eigenvalue weighted by Gasteiger charge is 2.17. The molecule has 1 aliphatic rings. The van der Waals surface area contributed by atoms with Crippen molar-refractivity contribution < 1.29 is 5.11 Å². The summed E-state index contributed by atoms with van der Waals surface area (Å²) < 4.78 is 0. The Morgan fingerprint density at radius 2 is 2.24 bits per heavy atom. The summed E-state index contributed by atoms with van der Waals surface area (Å²) in [5.41, 5.74) is -0.136. The standard InChI is InChI=1S/C11H18N4O2/c16-9-8-14-4-1-5-15(7-6-14)10-11(17)13-3-2-12-10/h2-3,16H,1,4-9H2,(H,13,17). The van der Waals surface area contributed by atoms with Gasteiger partial charge in [-0.2, -0.15) is 0 Å². The van der Waals surface area contributed by atoms with E-state index in [4.69, 9.17) is 5.11 Å². The molecule has 1 aliphatic heterocycles. The Bertz CT molecular complexity index is 406. The molecule has 6 heteroatoms. The minimum absolute atomic E-state index is 0.136. The highest BCUT2D eigenvalue weighted by molar-refractivity contribution is 5.35. The van der Waals surface area contributed by atoms with Gasteiger partial charge >= 0.3 is 0 Å². The fraction of sp³-hybridized carbons (Fsp3) is 0.636. The lowest BCUT2D eigenvalue weighted by Crippen LogP contribution is -2.35. The molecule has 0 bridgehead atoms. The van der Waals surface area contributed by atoms with Crippen LogP contribution < -0.4 is 10.5 Å². The zero-order valence-electron chi connectivity index (χ0n) is 9.80. The molecule has 1 saturated heterocycles.